The molecule has 1 heterocycles. The van der Waals surface area contributed by atoms with E-state index in [2.05, 4.69) is 5.32 Å². The van der Waals surface area contributed by atoms with Crippen LogP contribution in [0, 0.1) is 0 Å². The first-order chi connectivity index (χ1) is 10.3. The molecule has 0 spiro atoms. The van der Waals surface area contributed by atoms with Crippen molar-refractivity contribution in [3.63, 3.8) is 0 Å². The molecule has 22 heavy (non-hydrogen) atoms. The summed E-state index contributed by atoms with van der Waals surface area (Å²) < 4.78 is 38.9. The zero-order valence-corrected chi connectivity index (χ0v) is 12.1. The third kappa shape index (κ3) is 3.78. The average molecular weight is 314 g/mol. The fourth-order valence-corrected chi connectivity index (χ4v) is 2.49. The molecule has 1 aromatic rings. The number of likely N-dealkylation sites (tertiary alicyclic amines) is 1. The third-order valence-corrected chi connectivity index (χ3v) is 3.58. The van der Waals surface area contributed by atoms with Crippen LogP contribution in [0.5, 0.6) is 0 Å². The monoisotopic (exact) mass is 314 g/mol. The van der Waals surface area contributed by atoms with E-state index in [1.807, 2.05) is 0 Å². The van der Waals surface area contributed by atoms with Crippen molar-refractivity contribution >= 4 is 11.8 Å². The Balaban J connectivity index is 2.09. The van der Waals surface area contributed by atoms with E-state index < -0.39 is 11.7 Å². The van der Waals surface area contributed by atoms with Crippen LogP contribution < -0.4 is 5.32 Å². The van der Waals surface area contributed by atoms with Crippen molar-refractivity contribution in [3.8, 4) is 0 Å². The van der Waals surface area contributed by atoms with Gasteiger partial charge in [0.05, 0.1) is 11.6 Å². The normalized spacial score (nSPS) is 18.6. The zero-order chi connectivity index (χ0) is 16.3. The van der Waals surface area contributed by atoms with Crippen LogP contribution in [0.2, 0.25) is 0 Å². The Morgan fingerprint density at radius 1 is 1.36 bits per heavy atom. The van der Waals surface area contributed by atoms with E-state index in [1.165, 1.54) is 23.1 Å². The molecular weight excluding hydrogens is 297 g/mol. The Labute approximate surface area is 126 Å². The summed E-state index contributed by atoms with van der Waals surface area (Å²) in [6.45, 7) is 1.83. The number of halogens is 3. The highest BCUT2D eigenvalue weighted by Gasteiger charge is 2.35. The first kappa shape index (κ1) is 16.3. The summed E-state index contributed by atoms with van der Waals surface area (Å²) in [6.07, 6.45) is -4.02. The largest absolute Gasteiger partial charge is 0.416 e. The smallest absolute Gasteiger partial charge is 0.351 e. The predicted molar refractivity (Wildman–Crippen MR) is 73.7 cm³/mol. The van der Waals surface area contributed by atoms with Crippen molar-refractivity contribution in [3.05, 3.63) is 35.4 Å². The summed E-state index contributed by atoms with van der Waals surface area (Å²) in [5.41, 5.74) is -0.672. The van der Waals surface area contributed by atoms with Gasteiger partial charge < -0.3 is 10.2 Å². The zero-order valence-electron chi connectivity index (χ0n) is 12.1. The second-order valence-electron chi connectivity index (χ2n) is 5.25. The van der Waals surface area contributed by atoms with Gasteiger partial charge in [-0.2, -0.15) is 13.2 Å². The highest BCUT2D eigenvalue weighted by molar-refractivity contribution is 5.82. The van der Waals surface area contributed by atoms with Crippen LogP contribution in [0.3, 0.4) is 0 Å². The van der Waals surface area contributed by atoms with Crippen LogP contribution in [0.25, 0.3) is 0 Å². The fourth-order valence-electron chi connectivity index (χ4n) is 2.49. The van der Waals surface area contributed by atoms with Crippen molar-refractivity contribution in [1.82, 2.24) is 10.2 Å². The van der Waals surface area contributed by atoms with Crippen molar-refractivity contribution in [2.45, 2.75) is 38.5 Å². The van der Waals surface area contributed by atoms with E-state index in [9.17, 15) is 22.8 Å². The third-order valence-electron chi connectivity index (χ3n) is 3.58. The Hall–Kier alpha value is -2.05. The number of carbonyl (C=O) groups excluding carboxylic acids is 2. The molecule has 1 fully saturated rings. The first-order valence-electron chi connectivity index (χ1n) is 7.03. The van der Waals surface area contributed by atoms with Crippen molar-refractivity contribution in [2.75, 3.05) is 6.54 Å². The maximum atomic E-state index is 13.0. The van der Waals surface area contributed by atoms with E-state index in [0.29, 0.717) is 6.42 Å². The first-order valence-corrected chi connectivity index (χ1v) is 7.03. The second kappa shape index (κ2) is 6.37. The quantitative estimate of drug-likeness (QED) is 0.927. The molecule has 0 radical (unpaired) electrons. The molecule has 0 saturated carbocycles. The minimum atomic E-state index is -4.45. The number of rotatable bonds is 4. The lowest BCUT2D eigenvalue weighted by molar-refractivity contribution is -0.139. The summed E-state index contributed by atoms with van der Waals surface area (Å²) >= 11 is 0. The highest BCUT2D eigenvalue weighted by atomic mass is 19.4. The van der Waals surface area contributed by atoms with Gasteiger partial charge in [0, 0.05) is 25.9 Å². The summed E-state index contributed by atoms with van der Waals surface area (Å²) in [4.78, 5) is 24.6. The molecule has 7 heteroatoms. The van der Waals surface area contributed by atoms with Gasteiger partial charge in [0.1, 0.15) is 0 Å². The van der Waals surface area contributed by atoms with E-state index in [4.69, 9.17) is 0 Å². The molecule has 4 nitrogen and oxygen atoms in total. The summed E-state index contributed by atoms with van der Waals surface area (Å²) in [5.74, 6) is -0.422. The van der Waals surface area contributed by atoms with Crippen LogP contribution in [-0.4, -0.2) is 29.3 Å². The Kier molecular flexibility index (Phi) is 4.73. The van der Waals surface area contributed by atoms with Gasteiger partial charge in [0.25, 0.3) is 0 Å². The molecule has 1 aliphatic heterocycles. The van der Waals surface area contributed by atoms with Crippen LogP contribution >= 0.6 is 0 Å². The van der Waals surface area contributed by atoms with E-state index in [0.717, 1.165) is 6.07 Å². The van der Waals surface area contributed by atoms with Gasteiger partial charge >= 0.3 is 6.18 Å². The van der Waals surface area contributed by atoms with Gasteiger partial charge in [-0.25, -0.2) is 0 Å². The molecule has 0 bridgehead atoms. The molecule has 1 aliphatic rings. The SMILES string of the molecule is CCC(=O)N[C@H]1CC(=O)N(Cc2ccccc2C(F)(F)F)C1. The maximum Gasteiger partial charge on any atom is 0.416 e. The van der Waals surface area contributed by atoms with Gasteiger partial charge in [-0.3, -0.25) is 9.59 Å². The molecule has 1 atom stereocenters. The number of hydrogen-bond acceptors (Lipinski definition) is 2. The Morgan fingerprint density at radius 3 is 2.68 bits per heavy atom. The lowest BCUT2D eigenvalue weighted by Gasteiger charge is -2.20. The van der Waals surface area contributed by atoms with Crippen LogP contribution in [-0.2, 0) is 22.3 Å². The van der Waals surface area contributed by atoms with E-state index >= 15 is 0 Å². The number of carbonyl (C=O) groups is 2. The average Bonchev–Trinajstić information content (AvgIpc) is 2.78. The molecular formula is C15H17F3N2O2. The molecule has 1 aromatic carbocycles. The Morgan fingerprint density at radius 2 is 2.05 bits per heavy atom. The van der Waals surface area contributed by atoms with Gasteiger partial charge in [-0.1, -0.05) is 25.1 Å². The summed E-state index contributed by atoms with van der Waals surface area (Å²) in [5, 5.41) is 2.70. The predicted octanol–water partition coefficient (Wildman–Crippen LogP) is 2.33. The van der Waals surface area contributed by atoms with Crippen molar-refractivity contribution < 1.29 is 22.8 Å². The van der Waals surface area contributed by atoms with Crippen LogP contribution in [0.1, 0.15) is 30.9 Å². The number of alkyl halides is 3. The minimum Gasteiger partial charge on any atom is -0.351 e. The van der Waals surface area contributed by atoms with Crippen LogP contribution in [0.4, 0.5) is 13.2 Å². The summed E-state index contributed by atoms with van der Waals surface area (Å²) in [7, 11) is 0. The number of nitrogens with one attached hydrogen (secondary N) is 1. The standard InChI is InChI=1S/C15H17F3N2O2/c1-2-13(21)19-11-7-14(22)20(9-11)8-10-5-3-4-6-12(10)15(16,17)18/h3-6,11H,2,7-9H2,1H3,(H,19,21)/t11-/m0/s1. The molecule has 0 unspecified atom stereocenters. The molecule has 2 rings (SSSR count). The second-order valence-corrected chi connectivity index (χ2v) is 5.25. The van der Waals surface area contributed by atoms with Crippen molar-refractivity contribution in [1.29, 1.82) is 0 Å². The number of hydrogen-bond donors (Lipinski definition) is 1. The summed E-state index contributed by atoms with van der Waals surface area (Å²) in [6, 6.07) is 4.88. The fraction of sp³-hybridized carbons (Fsp3) is 0.467. The molecule has 2 amide bonds. The topological polar surface area (TPSA) is 49.4 Å². The maximum absolute atomic E-state index is 13.0. The number of benzene rings is 1. The van der Waals surface area contributed by atoms with E-state index in [-0.39, 0.29) is 42.9 Å². The number of amides is 2. The number of nitrogens with zero attached hydrogens (tertiary/aromatic N) is 1. The lowest BCUT2D eigenvalue weighted by Crippen LogP contribution is -2.36. The van der Waals surface area contributed by atoms with Crippen molar-refractivity contribution in [2.24, 2.45) is 0 Å². The van der Waals surface area contributed by atoms with Gasteiger partial charge in [0.15, 0.2) is 0 Å². The molecule has 1 N–H and O–H groups in total. The lowest BCUT2D eigenvalue weighted by atomic mass is 10.1. The molecule has 1 saturated heterocycles. The van der Waals surface area contributed by atoms with Gasteiger partial charge in [-0.15, -0.1) is 0 Å². The highest BCUT2D eigenvalue weighted by Crippen LogP contribution is 2.32. The van der Waals surface area contributed by atoms with E-state index in [1.54, 1.807) is 6.92 Å². The minimum absolute atomic E-state index is 0.0609. The van der Waals surface area contributed by atoms with Gasteiger partial charge in [-0.05, 0) is 11.6 Å². The van der Waals surface area contributed by atoms with Gasteiger partial charge in [0.2, 0.25) is 11.8 Å². The molecule has 0 aliphatic carbocycles. The molecule has 120 valence electrons. The van der Waals surface area contributed by atoms with Crippen LogP contribution in [0.15, 0.2) is 24.3 Å². The Bertz CT molecular complexity index is 572. The molecule has 0 aromatic heterocycles.